The average Bonchev–Trinajstić information content (AvgIpc) is 2.85. The lowest BCUT2D eigenvalue weighted by molar-refractivity contribution is -0.110. The van der Waals surface area contributed by atoms with E-state index >= 15 is 0 Å². The van der Waals surface area contributed by atoms with Gasteiger partial charge in [0.05, 0.1) is 10.1 Å². The topological polar surface area (TPSA) is 66.4 Å². The van der Waals surface area contributed by atoms with Crippen LogP contribution in [0, 0.1) is 0 Å². The molecule has 0 saturated heterocycles. The lowest BCUT2D eigenvalue weighted by atomic mass is 9.77. The summed E-state index contributed by atoms with van der Waals surface area (Å²) in [5.74, 6) is -0.398. The number of halogens is 2. The molecule has 0 aliphatic heterocycles. The maximum absolute atomic E-state index is 12.9. The molecule has 0 heterocycles. The molecule has 2 N–H and O–H groups in total. The Balaban J connectivity index is 1.47. The Morgan fingerprint density at radius 1 is 1.03 bits per heavy atom. The van der Waals surface area contributed by atoms with Gasteiger partial charge in [0.2, 0.25) is 0 Å². The van der Waals surface area contributed by atoms with Crippen molar-refractivity contribution >= 4 is 40.5 Å². The van der Waals surface area contributed by atoms with Gasteiger partial charge < -0.3 is 10.4 Å². The number of ketones is 1. The van der Waals surface area contributed by atoms with Crippen molar-refractivity contribution in [1.82, 2.24) is 5.32 Å². The number of aromatic hydroxyl groups is 1. The zero-order valence-corrected chi connectivity index (χ0v) is 21.0. The summed E-state index contributed by atoms with van der Waals surface area (Å²) in [6.07, 6.45) is 4.45. The second-order valence-electron chi connectivity index (χ2n) is 9.09. The van der Waals surface area contributed by atoms with Gasteiger partial charge >= 0.3 is 0 Å². The molecule has 1 atom stereocenters. The van der Waals surface area contributed by atoms with Crippen LogP contribution in [0.5, 0.6) is 5.75 Å². The molecule has 36 heavy (non-hydrogen) atoms. The predicted octanol–water partition coefficient (Wildman–Crippen LogP) is 6.40. The molecule has 2 aliphatic carbocycles. The molecular formula is C30H23Cl2NO3. The van der Waals surface area contributed by atoms with Crippen molar-refractivity contribution in [2.45, 2.75) is 25.8 Å². The van der Waals surface area contributed by atoms with E-state index in [2.05, 4.69) is 5.32 Å². The lowest BCUT2D eigenvalue weighted by Gasteiger charge is -2.27. The first-order valence-corrected chi connectivity index (χ1v) is 12.4. The monoisotopic (exact) mass is 515 g/mol. The highest BCUT2D eigenvalue weighted by atomic mass is 35.5. The summed E-state index contributed by atoms with van der Waals surface area (Å²) < 4.78 is 0. The van der Waals surface area contributed by atoms with Gasteiger partial charge in [0.25, 0.3) is 5.91 Å². The predicted molar refractivity (Wildman–Crippen MR) is 143 cm³/mol. The molecule has 3 aromatic rings. The first-order chi connectivity index (χ1) is 17.3. The van der Waals surface area contributed by atoms with Gasteiger partial charge in [0, 0.05) is 11.6 Å². The molecule has 0 aromatic heterocycles. The number of allylic oxidation sites excluding steroid dienone is 5. The average molecular weight is 516 g/mol. The maximum Gasteiger partial charge on any atom is 0.251 e. The Morgan fingerprint density at radius 2 is 1.75 bits per heavy atom. The molecule has 1 amide bonds. The van der Waals surface area contributed by atoms with Gasteiger partial charge in [0.1, 0.15) is 5.75 Å². The van der Waals surface area contributed by atoms with Crippen LogP contribution in [-0.4, -0.2) is 22.8 Å². The van der Waals surface area contributed by atoms with Gasteiger partial charge in [0.15, 0.2) is 5.78 Å². The molecular weight excluding hydrogens is 493 g/mol. The van der Waals surface area contributed by atoms with E-state index < -0.39 is 0 Å². The van der Waals surface area contributed by atoms with E-state index in [0.717, 1.165) is 45.4 Å². The van der Waals surface area contributed by atoms with Gasteiger partial charge in [-0.3, -0.25) is 9.59 Å². The molecule has 1 unspecified atom stereocenters. The summed E-state index contributed by atoms with van der Waals surface area (Å²) in [4.78, 5) is 25.1. The van der Waals surface area contributed by atoms with Crippen molar-refractivity contribution in [2.24, 2.45) is 0 Å². The summed E-state index contributed by atoms with van der Waals surface area (Å²) >= 11 is 12.5. The smallest absolute Gasteiger partial charge is 0.251 e. The fraction of sp³-hybridized carbons (Fsp3) is 0.133. The summed E-state index contributed by atoms with van der Waals surface area (Å²) in [5, 5.41) is 13.6. The number of carbonyl (C=O) groups is 2. The van der Waals surface area contributed by atoms with Crippen molar-refractivity contribution in [2.75, 3.05) is 0 Å². The van der Waals surface area contributed by atoms with Gasteiger partial charge in [-0.05, 0) is 95.2 Å². The van der Waals surface area contributed by atoms with E-state index in [4.69, 9.17) is 23.2 Å². The molecule has 180 valence electrons. The van der Waals surface area contributed by atoms with Crippen molar-refractivity contribution in [1.29, 1.82) is 0 Å². The highest BCUT2D eigenvalue weighted by Gasteiger charge is 2.28. The molecule has 3 aromatic carbocycles. The van der Waals surface area contributed by atoms with Crippen molar-refractivity contribution < 1.29 is 14.7 Å². The summed E-state index contributed by atoms with van der Waals surface area (Å²) in [6.45, 7) is 1.98. The van der Waals surface area contributed by atoms with Crippen LogP contribution in [0.4, 0.5) is 0 Å². The second kappa shape index (κ2) is 9.81. The Hall–Kier alpha value is -3.60. The largest absolute Gasteiger partial charge is 0.506 e. The number of rotatable bonds is 5. The number of amides is 1. The first kappa shape index (κ1) is 24.1. The van der Waals surface area contributed by atoms with Crippen LogP contribution in [-0.2, 0) is 17.6 Å². The van der Waals surface area contributed by atoms with Crippen LogP contribution in [0.1, 0.15) is 39.5 Å². The van der Waals surface area contributed by atoms with Crippen LogP contribution in [0.25, 0.3) is 5.57 Å². The van der Waals surface area contributed by atoms with E-state index in [-0.39, 0.29) is 33.5 Å². The summed E-state index contributed by atoms with van der Waals surface area (Å²) in [6, 6.07) is 20.7. The highest BCUT2D eigenvalue weighted by Crippen LogP contribution is 2.44. The highest BCUT2D eigenvalue weighted by molar-refractivity contribution is 6.45. The number of hydrogen-bond acceptors (Lipinski definition) is 3. The Kier molecular flexibility index (Phi) is 6.57. The van der Waals surface area contributed by atoms with Crippen molar-refractivity contribution in [3.05, 3.63) is 128 Å². The Morgan fingerprint density at radius 3 is 2.47 bits per heavy atom. The fourth-order valence-electron chi connectivity index (χ4n) is 4.73. The van der Waals surface area contributed by atoms with E-state index in [1.165, 1.54) is 0 Å². The summed E-state index contributed by atoms with van der Waals surface area (Å²) in [7, 11) is 0. The zero-order chi connectivity index (χ0) is 25.4. The minimum absolute atomic E-state index is 0.00818. The number of carbonyl (C=O) groups excluding carboxylic acids is 2. The third kappa shape index (κ3) is 4.75. The van der Waals surface area contributed by atoms with Gasteiger partial charge in [-0.15, -0.1) is 0 Å². The van der Waals surface area contributed by atoms with E-state index in [9.17, 15) is 14.7 Å². The quantitative estimate of drug-likeness (QED) is 0.413. The van der Waals surface area contributed by atoms with Crippen LogP contribution >= 0.6 is 23.2 Å². The zero-order valence-electron chi connectivity index (χ0n) is 19.5. The number of hydrogen-bond donors (Lipinski definition) is 2. The molecule has 0 fully saturated rings. The third-order valence-electron chi connectivity index (χ3n) is 6.45. The van der Waals surface area contributed by atoms with Crippen LogP contribution < -0.4 is 5.32 Å². The first-order valence-electron chi connectivity index (χ1n) is 11.6. The molecule has 5 rings (SSSR count). The minimum atomic E-state index is -0.243. The molecule has 0 spiro atoms. The standard InChI is InChI=1S/C30H23Cl2NO3/c1-17(11-18-5-3-2-4-6-18)33-30(36)20-9-7-19(8-10-20)29-23-15-25(31)27(34)13-21(23)12-22-14-28(35)26(32)16-24(22)29/h2-10,13-17,34H,11-12H2,1H3,(H,33,36). The maximum atomic E-state index is 12.9. The van der Waals surface area contributed by atoms with Gasteiger partial charge in [-0.1, -0.05) is 65.7 Å². The van der Waals surface area contributed by atoms with Crippen molar-refractivity contribution in [3.63, 3.8) is 0 Å². The lowest BCUT2D eigenvalue weighted by Crippen LogP contribution is -2.34. The SMILES string of the molecule is CC(Cc1ccccc1)NC(=O)c1ccc(C2=C3C=C(Cl)C(=O)C=C3Cc3cc(O)c(Cl)cc32)cc1. The van der Waals surface area contributed by atoms with Gasteiger partial charge in [-0.2, -0.15) is 0 Å². The number of phenolic OH excluding ortho intramolecular Hbond substituents is 1. The van der Waals surface area contributed by atoms with E-state index in [1.807, 2.05) is 49.4 Å². The molecule has 0 bridgehead atoms. The summed E-state index contributed by atoms with van der Waals surface area (Å²) in [5.41, 5.74) is 6.78. The Labute approximate surface area is 219 Å². The van der Waals surface area contributed by atoms with Crippen molar-refractivity contribution in [3.8, 4) is 5.75 Å². The molecule has 0 radical (unpaired) electrons. The fourth-order valence-corrected chi connectivity index (χ4v) is 5.06. The van der Waals surface area contributed by atoms with Crippen LogP contribution in [0.2, 0.25) is 5.02 Å². The number of nitrogens with one attached hydrogen (secondary N) is 1. The second-order valence-corrected chi connectivity index (χ2v) is 9.91. The van der Waals surface area contributed by atoms with Crippen LogP contribution in [0.15, 0.2) is 95.1 Å². The molecule has 6 heteroatoms. The minimum Gasteiger partial charge on any atom is -0.506 e. The molecule has 4 nitrogen and oxygen atoms in total. The number of benzene rings is 3. The molecule has 2 aliphatic rings. The Bertz CT molecular complexity index is 1470. The third-order valence-corrected chi connectivity index (χ3v) is 7.05. The van der Waals surface area contributed by atoms with Gasteiger partial charge in [-0.25, -0.2) is 0 Å². The normalized spacial score (nSPS) is 15.5. The molecule has 0 saturated carbocycles. The van der Waals surface area contributed by atoms with E-state index in [0.29, 0.717) is 12.0 Å². The number of fused-ring (bicyclic) bond motifs is 2. The van der Waals surface area contributed by atoms with Crippen LogP contribution in [0.3, 0.4) is 0 Å². The number of phenols is 1. The van der Waals surface area contributed by atoms with E-state index in [1.54, 1.807) is 36.4 Å².